The van der Waals surface area contributed by atoms with Crippen molar-refractivity contribution in [3.8, 4) is 11.1 Å². The zero-order valence-corrected chi connectivity index (χ0v) is 16.0. The Morgan fingerprint density at radius 1 is 0.467 bits per heavy atom. The summed E-state index contributed by atoms with van der Waals surface area (Å²) < 4.78 is 27.3. The maximum atomic E-state index is 13.7. The van der Waals surface area contributed by atoms with Crippen molar-refractivity contribution in [2.24, 2.45) is 9.98 Å². The quantitative estimate of drug-likeness (QED) is 0.321. The molecule has 4 aromatic carbocycles. The largest absolute Gasteiger partial charge is 0.256 e. The molecule has 0 aliphatic carbocycles. The molecule has 0 fully saturated rings. The molecule has 4 aromatic rings. The minimum Gasteiger partial charge on any atom is -0.256 e. The Kier molecular flexibility index (Phi) is 5.85. The Balaban J connectivity index is 1.46. The van der Waals surface area contributed by atoms with Gasteiger partial charge in [-0.1, -0.05) is 60.7 Å². The molecule has 4 heteroatoms. The maximum absolute atomic E-state index is 13.7. The van der Waals surface area contributed by atoms with Crippen molar-refractivity contribution in [3.05, 3.63) is 120 Å². The van der Waals surface area contributed by atoms with E-state index in [1.54, 1.807) is 36.4 Å². The van der Waals surface area contributed by atoms with Crippen molar-refractivity contribution in [1.29, 1.82) is 0 Å². The van der Waals surface area contributed by atoms with Crippen LogP contribution in [0, 0.1) is 11.6 Å². The number of benzene rings is 4. The summed E-state index contributed by atoms with van der Waals surface area (Å²) in [5.74, 6) is -0.591. The van der Waals surface area contributed by atoms with Crippen LogP contribution in [0.25, 0.3) is 11.1 Å². The van der Waals surface area contributed by atoms with Gasteiger partial charge in [0.05, 0.1) is 11.4 Å². The fourth-order valence-electron chi connectivity index (χ4n) is 2.93. The summed E-state index contributed by atoms with van der Waals surface area (Å²) in [4.78, 5) is 8.66. The molecule has 0 amide bonds. The molecule has 0 unspecified atom stereocenters. The van der Waals surface area contributed by atoms with Gasteiger partial charge in [0.25, 0.3) is 0 Å². The molecule has 0 aliphatic rings. The molecule has 0 aromatic heterocycles. The van der Waals surface area contributed by atoms with Crippen LogP contribution < -0.4 is 0 Å². The summed E-state index contributed by atoms with van der Waals surface area (Å²) in [5.41, 5.74) is 4.45. The van der Waals surface area contributed by atoms with Gasteiger partial charge in [-0.25, -0.2) is 8.78 Å². The normalized spacial score (nSPS) is 11.4. The zero-order chi connectivity index (χ0) is 20.8. The number of rotatable bonds is 5. The van der Waals surface area contributed by atoms with E-state index in [1.165, 1.54) is 24.6 Å². The molecule has 0 N–H and O–H groups in total. The van der Waals surface area contributed by atoms with Gasteiger partial charge in [-0.3, -0.25) is 9.98 Å². The minimum absolute atomic E-state index is 0.296. The summed E-state index contributed by atoms with van der Waals surface area (Å²) in [5, 5.41) is 0. The van der Waals surface area contributed by atoms with Crippen LogP contribution in [0.15, 0.2) is 107 Å². The molecule has 4 rings (SSSR count). The SMILES string of the molecule is Fc1ccccc1C=Nc1ccc(-c2ccc(N=Cc3ccccc3F)cc2)cc1. The fourth-order valence-corrected chi connectivity index (χ4v) is 2.93. The van der Waals surface area contributed by atoms with Crippen LogP contribution in [0.5, 0.6) is 0 Å². The Morgan fingerprint density at radius 3 is 1.20 bits per heavy atom. The molecule has 0 saturated heterocycles. The van der Waals surface area contributed by atoms with E-state index in [4.69, 9.17) is 0 Å². The van der Waals surface area contributed by atoms with E-state index in [2.05, 4.69) is 9.98 Å². The molecule has 0 heterocycles. The van der Waals surface area contributed by atoms with Crippen molar-refractivity contribution in [2.75, 3.05) is 0 Å². The first kappa shape index (κ1) is 19.4. The molecule has 0 spiro atoms. The van der Waals surface area contributed by atoms with Gasteiger partial charge >= 0.3 is 0 Å². The molecule has 0 atom stereocenters. The van der Waals surface area contributed by atoms with E-state index >= 15 is 0 Å². The van der Waals surface area contributed by atoms with Gasteiger partial charge in [-0.2, -0.15) is 0 Å². The van der Waals surface area contributed by atoms with E-state index in [0.717, 1.165) is 22.5 Å². The molecule has 0 radical (unpaired) electrons. The molecule has 2 nitrogen and oxygen atoms in total. The highest BCUT2D eigenvalue weighted by Crippen LogP contribution is 2.25. The third-order valence-electron chi connectivity index (χ3n) is 4.58. The smallest absolute Gasteiger partial charge is 0.131 e. The lowest BCUT2D eigenvalue weighted by Crippen LogP contribution is -1.86. The molecule has 0 aliphatic heterocycles. The van der Waals surface area contributed by atoms with E-state index in [9.17, 15) is 8.78 Å². The Labute approximate surface area is 173 Å². The van der Waals surface area contributed by atoms with Crippen LogP contribution in [-0.4, -0.2) is 12.4 Å². The molecule has 0 saturated carbocycles. The second-order valence-corrected chi connectivity index (χ2v) is 6.65. The van der Waals surface area contributed by atoms with Crippen LogP contribution in [0.3, 0.4) is 0 Å². The maximum Gasteiger partial charge on any atom is 0.131 e. The highest BCUT2D eigenvalue weighted by molar-refractivity contribution is 5.83. The van der Waals surface area contributed by atoms with Gasteiger partial charge in [0, 0.05) is 23.6 Å². The van der Waals surface area contributed by atoms with Gasteiger partial charge in [0.1, 0.15) is 11.6 Å². The van der Waals surface area contributed by atoms with E-state index in [-0.39, 0.29) is 11.6 Å². The van der Waals surface area contributed by atoms with Crippen LogP contribution >= 0.6 is 0 Å². The number of hydrogen-bond acceptors (Lipinski definition) is 2. The summed E-state index contributed by atoms with van der Waals surface area (Å²) in [6.45, 7) is 0. The number of nitrogens with zero attached hydrogens (tertiary/aromatic N) is 2. The molecular formula is C26H18F2N2. The standard InChI is InChI=1S/C26H18F2N2/c27-25-7-3-1-5-21(25)17-29-23-13-9-19(10-14-23)20-11-15-24(16-12-20)30-18-22-6-2-4-8-26(22)28/h1-18H. The fraction of sp³-hybridized carbons (Fsp3) is 0. The van der Waals surface area contributed by atoms with Gasteiger partial charge < -0.3 is 0 Å². The lowest BCUT2D eigenvalue weighted by molar-refractivity contribution is 0.625. The summed E-state index contributed by atoms with van der Waals surface area (Å²) in [7, 11) is 0. The summed E-state index contributed by atoms with van der Waals surface area (Å²) in [6, 6.07) is 28.4. The van der Waals surface area contributed by atoms with Crippen LogP contribution in [0.4, 0.5) is 20.2 Å². The minimum atomic E-state index is -0.296. The third-order valence-corrected chi connectivity index (χ3v) is 4.58. The van der Waals surface area contributed by atoms with Crippen molar-refractivity contribution in [3.63, 3.8) is 0 Å². The topological polar surface area (TPSA) is 24.7 Å². The average Bonchev–Trinajstić information content (AvgIpc) is 2.79. The second-order valence-electron chi connectivity index (χ2n) is 6.65. The van der Waals surface area contributed by atoms with Gasteiger partial charge in [-0.15, -0.1) is 0 Å². The Morgan fingerprint density at radius 2 is 0.833 bits per heavy atom. The lowest BCUT2D eigenvalue weighted by Gasteiger charge is -2.03. The first-order valence-corrected chi connectivity index (χ1v) is 9.47. The predicted molar refractivity (Wildman–Crippen MR) is 119 cm³/mol. The summed E-state index contributed by atoms with van der Waals surface area (Å²) in [6.07, 6.45) is 3.04. The molecular weight excluding hydrogens is 378 g/mol. The van der Waals surface area contributed by atoms with Crippen LogP contribution in [-0.2, 0) is 0 Å². The number of halogens is 2. The van der Waals surface area contributed by atoms with Crippen molar-refractivity contribution in [1.82, 2.24) is 0 Å². The highest BCUT2D eigenvalue weighted by Gasteiger charge is 2.00. The number of aliphatic imine (C=N–C) groups is 2. The van der Waals surface area contributed by atoms with Gasteiger partial charge in [0.2, 0.25) is 0 Å². The van der Waals surface area contributed by atoms with Crippen molar-refractivity contribution < 1.29 is 8.78 Å². The van der Waals surface area contributed by atoms with Crippen molar-refractivity contribution in [2.45, 2.75) is 0 Å². The first-order valence-electron chi connectivity index (χ1n) is 9.47. The van der Waals surface area contributed by atoms with Crippen LogP contribution in [0.1, 0.15) is 11.1 Å². The van der Waals surface area contributed by atoms with E-state index in [1.807, 2.05) is 48.5 Å². The third kappa shape index (κ3) is 4.73. The molecule has 146 valence electrons. The Hall–Kier alpha value is -3.92. The predicted octanol–water partition coefficient (Wildman–Crippen LogP) is 7.13. The molecule has 30 heavy (non-hydrogen) atoms. The molecule has 0 bridgehead atoms. The second kappa shape index (κ2) is 9.05. The van der Waals surface area contributed by atoms with Crippen molar-refractivity contribution >= 4 is 23.8 Å². The highest BCUT2D eigenvalue weighted by atomic mass is 19.1. The average molecular weight is 396 g/mol. The van der Waals surface area contributed by atoms with Gasteiger partial charge in [0.15, 0.2) is 0 Å². The number of hydrogen-bond donors (Lipinski definition) is 0. The zero-order valence-electron chi connectivity index (χ0n) is 16.0. The van der Waals surface area contributed by atoms with Crippen LogP contribution in [0.2, 0.25) is 0 Å². The lowest BCUT2D eigenvalue weighted by atomic mass is 10.1. The Bertz CT molecular complexity index is 1100. The van der Waals surface area contributed by atoms with Gasteiger partial charge in [-0.05, 0) is 47.5 Å². The summed E-state index contributed by atoms with van der Waals surface area (Å²) >= 11 is 0. The first-order chi connectivity index (χ1) is 14.7. The monoisotopic (exact) mass is 396 g/mol. The van der Waals surface area contributed by atoms with E-state index < -0.39 is 0 Å². The van der Waals surface area contributed by atoms with E-state index in [0.29, 0.717) is 11.1 Å².